The summed E-state index contributed by atoms with van der Waals surface area (Å²) in [5.74, 6) is 5.94. The van der Waals surface area contributed by atoms with Gasteiger partial charge in [-0.1, -0.05) is 48.2 Å². The van der Waals surface area contributed by atoms with Gasteiger partial charge in [-0.05, 0) is 23.8 Å². The molecule has 2 aromatic rings. The van der Waals surface area contributed by atoms with E-state index in [-0.39, 0.29) is 13.2 Å². The van der Waals surface area contributed by atoms with Crippen LogP contribution in [0.1, 0.15) is 11.1 Å². The topological polar surface area (TPSA) is 41.6 Å². The Kier molecular flexibility index (Phi) is 6.07. The largest absolute Gasteiger partial charge is 0.445 e. The van der Waals surface area contributed by atoms with Crippen LogP contribution in [0.5, 0.6) is 0 Å². The SMILES string of the molecule is CN(C)c1cccc(C#CCNC(=O)OCc2ccccc2)c1. The van der Waals surface area contributed by atoms with Crippen LogP contribution in [0.3, 0.4) is 0 Å². The van der Waals surface area contributed by atoms with Crippen LogP contribution in [-0.4, -0.2) is 26.7 Å². The molecule has 0 saturated carbocycles. The maximum Gasteiger partial charge on any atom is 0.408 e. The molecule has 0 aliphatic carbocycles. The average Bonchev–Trinajstić information content (AvgIpc) is 2.58. The fourth-order valence-electron chi connectivity index (χ4n) is 1.90. The minimum atomic E-state index is -0.467. The molecule has 0 fully saturated rings. The summed E-state index contributed by atoms with van der Waals surface area (Å²) in [6.07, 6.45) is -0.467. The number of anilines is 1. The molecule has 0 heterocycles. The van der Waals surface area contributed by atoms with Gasteiger partial charge in [-0.15, -0.1) is 0 Å². The highest BCUT2D eigenvalue weighted by Gasteiger charge is 2.00. The van der Waals surface area contributed by atoms with Crippen LogP contribution in [0.25, 0.3) is 0 Å². The van der Waals surface area contributed by atoms with E-state index in [4.69, 9.17) is 4.74 Å². The van der Waals surface area contributed by atoms with E-state index in [1.807, 2.05) is 73.6 Å². The lowest BCUT2D eigenvalue weighted by Gasteiger charge is -2.11. The summed E-state index contributed by atoms with van der Waals surface area (Å²) < 4.78 is 5.11. The van der Waals surface area contributed by atoms with E-state index in [0.717, 1.165) is 16.8 Å². The fraction of sp³-hybridized carbons (Fsp3) is 0.211. The molecule has 23 heavy (non-hydrogen) atoms. The molecule has 118 valence electrons. The van der Waals surface area contributed by atoms with E-state index in [2.05, 4.69) is 17.2 Å². The van der Waals surface area contributed by atoms with Crippen LogP contribution in [0, 0.1) is 11.8 Å². The summed E-state index contributed by atoms with van der Waals surface area (Å²) in [6, 6.07) is 17.5. The van der Waals surface area contributed by atoms with Gasteiger partial charge in [0.25, 0.3) is 0 Å². The predicted molar refractivity (Wildman–Crippen MR) is 92.3 cm³/mol. The van der Waals surface area contributed by atoms with E-state index in [1.54, 1.807) is 0 Å². The summed E-state index contributed by atoms with van der Waals surface area (Å²) in [7, 11) is 3.97. The van der Waals surface area contributed by atoms with E-state index < -0.39 is 6.09 Å². The number of nitrogens with one attached hydrogen (secondary N) is 1. The van der Waals surface area contributed by atoms with Gasteiger partial charge >= 0.3 is 6.09 Å². The molecule has 0 aromatic heterocycles. The molecule has 0 aliphatic rings. The number of alkyl carbamates (subject to hydrolysis) is 1. The minimum Gasteiger partial charge on any atom is -0.445 e. The molecule has 0 radical (unpaired) electrons. The van der Waals surface area contributed by atoms with Crippen molar-refractivity contribution in [2.45, 2.75) is 6.61 Å². The summed E-state index contributed by atoms with van der Waals surface area (Å²) in [5, 5.41) is 2.62. The molecule has 4 heteroatoms. The monoisotopic (exact) mass is 308 g/mol. The third-order valence-electron chi connectivity index (χ3n) is 3.13. The minimum absolute atomic E-state index is 0.250. The zero-order chi connectivity index (χ0) is 16.5. The van der Waals surface area contributed by atoms with Crippen LogP contribution in [0.2, 0.25) is 0 Å². The standard InChI is InChI=1S/C19H20N2O2/c1-21(2)18-12-6-10-16(14-18)11-7-13-20-19(22)23-15-17-8-4-3-5-9-17/h3-6,8-10,12,14H,13,15H2,1-2H3,(H,20,22). The first-order valence-corrected chi connectivity index (χ1v) is 7.36. The number of ether oxygens (including phenoxy) is 1. The number of carbonyl (C=O) groups is 1. The van der Waals surface area contributed by atoms with Crippen molar-refractivity contribution in [2.75, 3.05) is 25.5 Å². The van der Waals surface area contributed by atoms with Gasteiger partial charge in [-0.3, -0.25) is 0 Å². The summed E-state index contributed by atoms with van der Waals surface area (Å²) >= 11 is 0. The van der Waals surface area contributed by atoms with Gasteiger partial charge < -0.3 is 15.0 Å². The molecule has 0 atom stereocenters. The van der Waals surface area contributed by atoms with Crippen LogP contribution in [0.15, 0.2) is 54.6 Å². The van der Waals surface area contributed by atoms with Crippen LogP contribution >= 0.6 is 0 Å². The number of nitrogens with zero attached hydrogens (tertiary/aromatic N) is 1. The molecular formula is C19H20N2O2. The fourth-order valence-corrected chi connectivity index (χ4v) is 1.90. The average molecular weight is 308 g/mol. The van der Waals surface area contributed by atoms with Crippen molar-refractivity contribution in [1.82, 2.24) is 5.32 Å². The van der Waals surface area contributed by atoms with Crippen molar-refractivity contribution in [3.63, 3.8) is 0 Å². The van der Waals surface area contributed by atoms with Crippen LogP contribution < -0.4 is 10.2 Å². The Morgan fingerprint density at radius 3 is 2.65 bits per heavy atom. The maximum absolute atomic E-state index is 11.6. The van der Waals surface area contributed by atoms with Crippen LogP contribution in [0.4, 0.5) is 10.5 Å². The Bertz CT molecular complexity index is 700. The third-order valence-corrected chi connectivity index (χ3v) is 3.13. The zero-order valence-corrected chi connectivity index (χ0v) is 13.4. The van der Waals surface area contributed by atoms with E-state index in [0.29, 0.717) is 0 Å². The normalized spacial score (nSPS) is 9.48. The Balaban J connectivity index is 1.76. The lowest BCUT2D eigenvalue weighted by Crippen LogP contribution is -2.24. The number of hydrogen-bond acceptors (Lipinski definition) is 3. The Morgan fingerprint density at radius 1 is 1.13 bits per heavy atom. The number of benzene rings is 2. The highest BCUT2D eigenvalue weighted by molar-refractivity contribution is 5.67. The number of hydrogen-bond donors (Lipinski definition) is 1. The molecule has 1 amide bonds. The zero-order valence-electron chi connectivity index (χ0n) is 13.4. The molecule has 0 spiro atoms. The second-order valence-electron chi connectivity index (χ2n) is 5.16. The molecule has 4 nitrogen and oxygen atoms in total. The van der Waals surface area contributed by atoms with Gasteiger partial charge in [0.2, 0.25) is 0 Å². The van der Waals surface area contributed by atoms with E-state index >= 15 is 0 Å². The van der Waals surface area contributed by atoms with Gasteiger partial charge in [0.15, 0.2) is 0 Å². The van der Waals surface area contributed by atoms with Crippen molar-refractivity contribution >= 4 is 11.8 Å². The van der Waals surface area contributed by atoms with Crippen molar-refractivity contribution in [3.8, 4) is 11.8 Å². The Morgan fingerprint density at radius 2 is 1.91 bits per heavy atom. The Hall–Kier alpha value is -2.93. The van der Waals surface area contributed by atoms with Crippen molar-refractivity contribution < 1.29 is 9.53 Å². The number of amides is 1. The van der Waals surface area contributed by atoms with Gasteiger partial charge in [-0.2, -0.15) is 0 Å². The lowest BCUT2D eigenvalue weighted by molar-refractivity contribution is 0.141. The number of rotatable bonds is 4. The quantitative estimate of drug-likeness (QED) is 0.883. The van der Waals surface area contributed by atoms with E-state index in [9.17, 15) is 4.79 Å². The van der Waals surface area contributed by atoms with Gasteiger partial charge in [-0.25, -0.2) is 4.79 Å². The van der Waals surface area contributed by atoms with Crippen LogP contribution in [-0.2, 0) is 11.3 Å². The highest BCUT2D eigenvalue weighted by Crippen LogP contribution is 2.12. The van der Waals surface area contributed by atoms with E-state index in [1.165, 1.54) is 0 Å². The summed E-state index contributed by atoms with van der Waals surface area (Å²) in [4.78, 5) is 13.6. The molecule has 2 rings (SSSR count). The Labute approximate surface area is 137 Å². The second kappa shape index (κ2) is 8.50. The van der Waals surface area contributed by atoms with Gasteiger partial charge in [0.05, 0.1) is 6.54 Å². The maximum atomic E-state index is 11.6. The van der Waals surface area contributed by atoms with Crippen molar-refractivity contribution in [3.05, 3.63) is 65.7 Å². The number of carbonyl (C=O) groups excluding carboxylic acids is 1. The first-order valence-electron chi connectivity index (χ1n) is 7.36. The molecule has 0 bridgehead atoms. The molecule has 2 aromatic carbocycles. The molecule has 0 aliphatic heterocycles. The molecule has 1 N–H and O–H groups in total. The van der Waals surface area contributed by atoms with Crippen molar-refractivity contribution in [1.29, 1.82) is 0 Å². The van der Waals surface area contributed by atoms with Crippen molar-refractivity contribution in [2.24, 2.45) is 0 Å². The first kappa shape index (κ1) is 16.4. The lowest BCUT2D eigenvalue weighted by atomic mass is 10.2. The highest BCUT2D eigenvalue weighted by atomic mass is 16.5. The second-order valence-corrected chi connectivity index (χ2v) is 5.16. The predicted octanol–water partition coefficient (Wildman–Crippen LogP) is 3.03. The molecule has 0 saturated heterocycles. The van der Waals surface area contributed by atoms with Gasteiger partial charge in [0.1, 0.15) is 6.61 Å². The van der Waals surface area contributed by atoms with Gasteiger partial charge in [0, 0.05) is 25.3 Å². The smallest absolute Gasteiger partial charge is 0.408 e. The molecule has 0 unspecified atom stereocenters. The molecular weight excluding hydrogens is 288 g/mol. The summed E-state index contributed by atoms with van der Waals surface area (Å²) in [5.41, 5.74) is 2.96. The third kappa shape index (κ3) is 5.76. The first-order chi connectivity index (χ1) is 11.1. The summed E-state index contributed by atoms with van der Waals surface area (Å²) in [6.45, 7) is 0.505.